The van der Waals surface area contributed by atoms with E-state index in [0.717, 1.165) is 29.1 Å². The van der Waals surface area contributed by atoms with Gasteiger partial charge in [0.1, 0.15) is 18.0 Å². The number of halogens is 1. The standard InChI is InChI=1S/C25H30N4O2.HI/c1-3-26-24(29-19-25(2,30)21-9-5-4-6-10-21)28-17-20-12-14-23(15-13-20)31-18-22-11-7-8-16-27-22;/h4-16,30H,3,17-19H2,1-2H3,(H2,26,28,29);1H. The molecule has 1 aromatic heterocycles. The van der Waals surface area contributed by atoms with E-state index in [0.29, 0.717) is 25.7 Å². The fraction of sp³-hybridized carbons (Fsp3) is 0.280. The van der Waals surface area contributed by atoms with Crippen molar-refractivity contribution >= 4 is 29.9 Å². The minimum Gasteiger partial charge on any atom is -0.487 e. The van der Waals surface area contributed by atoms with Crippen molar-refractivity contribution in [2.45, 2.75) is 32.6 Å². The summed E-state index contributed by atoms with van der Waals surface area (Å²) < 4.78 is 5.78. The summed E-state index contributed by atoms with van der Waals surface area (Å²) in [7, 11) is 0. The Kier molecular flexibility index (Phi) is 10.4. The molecule has 6 nitrogen and oxygen atoms in total. The molecule has 0 aliphatic rings. The summed E-state index contributed by atoms with van der Waals surface area (Å²) in [4.78, 5) is 8.89. The van der Waals surface area contributed by atoms with Gasteiger partial charge >= 0.3 is 0 Å². The average molecular weight is 546 g/mol. The average Bonchev–Trinajstić information content (AvgIpc) is 2.81. The van der Waals surface area contributed by atoms with Gasteiger partial charge in [-0.1, -0.05) is 48.5 Å². The van der Waals surface area contributed by atoms with Gasteiger partial charge in [0.2, 0.25) is 0 Å². The molecule has 3 rings (SSSR count). The van der Waals surface area contributed by atoms with Gasteiger partial charge in [0, 0.05) is 12.7 Å². The molecule has 170 valence electrons. The van der Waals surface area contributed by atoms with Gasteiger partial charge in [0.05, 0.1) is 18.8 Å². The van der Waals surface area contributed by atoms with Crippen LogP contribution >= 0.6 is 24.0 Å². The Morgan fingerprint density at radius 3 is 2.38 bits per heavy atom. The number of pyridine rings is 1. The molecule has 0 radical (unpaired) electrons. The SMILES string of the molecule is CCNC(=NCc1ccc(OCc2ccccn2)cc1)NCC(C)(O)c1ccccc1.I. The largest absolute Gasteiger partial charge is 0.487 e. The van der Waals surface area contributed by atoms with Crippen molar-refractivity contribution in [3.8, 4) is 5.75 Å². The number of aliphatic hydroxyl groups is 1. The third kappa shape index (κ3) is 8.12. The Labute approximate surface area is 207 Å². The summed E-state index contributed by atoms with van der Waals surface area (Å²) in [5.41, 5.74) is 1.82. The van der Waals surface area contributed by atoms with Crippen LogP contribution in [-0.4, -0.2) is 29.1 Å². The van der Waals surface area contributed by atoms with Crippen molar-refractivity contribution in [3.63, 3.8) is 0 Å². The summed E-state index contributed by atoms with van der Waals surface area (Å²) in [5, 5.41) is 17.2. The molecule has 3 N–H and O–H groups in total. The highest BCUT2D eigenvalue weighted by atomic mass is 127. The summed E-state index contributed by atoms with van der Waals surface area (Å²) in [6.45, 7) is 5.85. The van der Waals surface area contributed by atoms with Crippen LogP contribution in [-0.2, 0) is 18.8 Å². The molecule has 0 aliphatic carbocycles. The quantitative estimate of drug-likeness (QED) is 0.213. The first-order valence-electron chi connectivity index (χ1n) is 10.5. The molecule has 32 heavy (non-hydrogen) atoms. The van der Waals surface area contributed by atoms with Crippen LogP contribution in [0.25, 0.3) is 0 Å². The van der Waals surface area contributed by atoms with Gasteiger partial charge in [0.15, 0.2) is 5.96 Å². The smallest absolute Gasteiger partial charge is 0.191 e. The van der Waals surface area contributed by atoms with Crippen molar-refractivity contribution in [1.82, 2.24) is 15.6 Å². The van der Waals surface area contributed by atoms with Crippen LogP contribution in [0.15, 0.2) is 84.0 Å². The molecule has 1 atom stereocenters. The van der Waals surface area contributed by atoms with E-state index in [1.165, 1.54) is 0 Å². The number of aliphatic imine (C=N–C) groups is 1. The van der Waals surface area contributed by atoms with Crippen LogP contribution in [0, 0.1) is 0 Å². The lowest BCUT2D eigenvalue weighted by atomic mass is 9.96. The lowest BCUT2D eigenvalue weighted by Crippen LogP contribution is -2.44. The fourth-order valence-electron chi connectivity index (χ4n) is 3.00. The Morgan fingerprint density at radius 1 is 1.00 bits per heavy atom. The second kappa shape index (κ2) is 13.0. The van der Waals surface area contributed by atoms with E-state index < -0.39 is 5.60 Å². The summed E-state index contributed by atoms with van der Waals surface area (Å²) in [5.74, 6) is 1.46. The molecule has 2 aromatic carbocycles. The summed E-state index contributed by atoms with van der Waals surface area (Å²) in [6.07, 6.45) is 1.76. The van der Waals surface area contributed by atoms with Crippen LogP contribution in [0.5, 0.6) is 5.75 Å². The number of nitrogens with one attached hydrogen (secondary N) is 2. The molecule has 7 heteroatoms. The zero-order valence-electron chi connectivity index (χ0n) is 18.5. The van der Waals surface area contributed by atoms with Crippen LogP contribution in [0.2, 0.25) is 0 Å². The molecular formula is C25H31IN4O2. The number of guanidine groups is 1. The second-order valence-corrected chi connectivity index (χ2v) is 7.44. The van der Waals surface area contributed by atoms with Gasteiger partial charge in [-0.15, -0.1) is 24.0 Å². The molecule has 0 saturated carbocycles. The van der Waals surface area contributed by atoms with E-state index in [-0.39, 0.29) is 24.0 Å². The van der Waals surface area contributed by atoms with Crippen molar-refractivity contribution in [2.75, 3.05) is 13.1 Å². The van der Waals surface area contributed by atoms with Crippen molar-refractivity contribution < 1.29 is 9.84 Å². The fourth-order valence-corrected chi connectivity index (χ4v) is 3.00. The minimum atomic E-state index is -0.996. The van der Waals surface area contributed by atoms with E-state index in [9.17, 15) is 5.11 Å². The van der Waals surface area contributed by atoms with Gasteiger partial charge < -0.3 is 20.5 Å². The van der Waals surface area contributed by atoms with Crippen molar-refractivity contribution in [2.24, 2.45) is 4.99 Å². The van der Waals surface area contributed by atoms with Crippen LogP contribution < -0.4 is 15.4 Å². The highest BCUT2D eigenvalue weighted by Gasteiger charge is 2.22. The zero-order chi connectivity index (χ0) is 21.9. The normalized spacial score (nSPS) is 12.9. The second-order valence-electron chi connectivity index (χ2n) is 7.44. The lowest BCUT2D eigenvalue weighted by Gasteiger charge is -2.25. The molecular weight excluding hydrogens is 515 g/mol. The van der Waals surface area contributed by atoms with Gasteiger partial charge in [-0.3, -0.25) is 4.98 Å². The first-order chi connectivity index (χ1) is 15.1. The van der Waals surface area contributed by atoms with Crippen LogP contribution in [0.1, 0.15) is 30.7 Å². The molecule has 1 heterocycles. The zero-order valence-corrected chi connectivity index (χ0v) is 20.8. The van der Waals surface area contributed by atoms with Crippen LogP contribution in [0.3, 0.4) is 0 Å². The number of aromatic nitrogens is 1. The van der Waals surface area contributed by atoms with E-state index in [2.05, 4.69) is 20.6 Å². The molecule has 3 aromatic rings. The number of ether oxygens (including phenoxy) is 1. The molecule has 0 saturated heterocycles. The number of benzene rings is 2. The third-order valence-electron chi connectivity index (χ3n) is 4.80. The molecule has 0 aliphatic heterocycles. The van der Waals surface area contributed by atoms with E-state index in [1.54, 1.807) is 13.1 Å². The van der Waals surface area contributed by atoms with Gasteiger partial charge in [0.25, 0.3) is 0 Å². The van der Waals surface area contributed by atoms with E-state index in [4.69, 9.17) is 4.74 Å². The van der Waals surface area contributed by atoms with E-state index >= 15 is 0 Å². The lowest BCUT2D eigenvalue weighted by molar-refractivity contribution is 0.0617. The monoisotopic (exact) mass is 546 g/mol. The topological polar surface area (TPSA) is 78.8 Å². The first-order valence-corrected chi connectivity index (χ1v) is 10.5. The Balaban J connectivity index is 0.00000363. The minimum absolute atomic E-state index is 0. The maximum atomic E-state index is 10.8. The number of nitrogens with zero attached hydrogens (tertiary/aromatic N) is 2. The van der Waals surface area contributed by atoms with Gasteiger partial charge in [-0.05, 0) is 49.2 Å². The third-order valence-corrected chi connectivity index (χ3v) is 4.80. The Bertz CT molecular complexity index is 949. The Morgan fingerprint density at radius 2 is 1.72 bits per heavy atom. The predicted molar refractivity (Wildman–Crippen MR) is 139 cm³/mol. The number of hydrogen-bond acceptors (Lipinski definition) is 4. The first kappa shape index (κ1) is 25.6. The molecule has 0 fully saturated rings. The maximum Gasteiger partial charge on any atom is 0.191 e. The number of rotatable bonds is 9. The number of hydrogen-bond donors (Lipinski definition) is 3. The van der Waals surface area contributed by atoms with E-state index in [1.807, 2.05) is 79.7 Å². The van der Waals surface area contributed by atoms with Crippen molar-refractivity contribution in [3.05, 3.63) is 95.8 Å². The predicted octanol–water partition coefficient (Wildman–Crippen LogP) is 4.24. The highest BCUT2D eigenvalue weighted by molar-refractivity contribution is 14.0. The Hall–Kier alpha value is -2.65. The summed E-state index contributed by atoms with van der Waals surface area (Å²) in [6, 6.07) is 23.3. The molecule has 1 unspecified atom stereocenters. The van der Waals surface area contributed by atoms with Gasteiger partial charge in [-0.25, -0.2) is 4.99 Å². The van der Waals surface area contributed by atoms with Crippen LogP contribution in [0.4, 0.5) is 0 Å². The molecule has 0 bridgehead atoms. The molecule has 0 spiro atoms. The van der Waals surface area contributed by atoms with Gasteiger partial charge in [-0.2, -0.15) is 0 Å². The maximum absolute atomic E-state index is 10.8. The summed E-state index contributed by atoms with van der Waals surface area (Å²) >= 11 is 0. The van der Waals surface area contributed by atoms with Crippen molar-refractivity contribution in [1.29, 1.82) is 0 Å². The highest BCUT2D eigenvalue weighted by Crippen LogP contribution is 2.19. The molecule has 0 amide bonds.